The van der Waals surface area contributed by atoms with E-state index < -0.39 is 17.8 Å². The topological polar surface area (TPSA) is 101 Å². The van der Waals surface area contributed by atoms with E-state index in [2.05, 4.69) is 5.32 Å². The third kappa shape index (κ3) is 4.71. The molecule has 116 valence electrons. The average Bonchev–Trinajstić information content (AvgIpc) is 2.37. The molecule has 1 atom stereocenters. The molecule has 0 saturated heterocycles. The Bertz CT molecular complexity index is 534. The number of primary amides is 1. The van der Waals surface area contributed by atoms with Crippen molar-refractivity contribution in [2.75, 3.05) is 17.6 Å². The van der Waals surface area contributed by atoms with Crippen molar-refractivity contribution in [1.29, 1.82) is 0 Å². The van der Waals surface area contributed by atoms with E-state index in [1.54, 1.807) is 11.8 Å². The fourth-order valence-corrected chi connectivity index (χ4v) is 1.98. The van der Waals surface area contributed by atoms with Crippen LogP contribution in [0.1, 0.15) is 20.8 Å². The predicted molar refractivity (Wildman–Crippen MR) is 79.9 cm³/mol. The van der Waals surface area contributed by atoms with Crippen molar-refractivity contribution in [3.8, 4) is 0 Å². The number of rotatable bonds is 6. The number of nitrogens with zero attached hydrogens (tertiary/aromatic N) is 1. The number of nitrogen functional groups attached to an aromatic ring is 1. The molecular weight excluding hydrogens is 275 g/mol. The second-order valence-electron chi connectivity index (χ2n) is 5.13. The van der Waals surface area contributed by atoms with Gasteiger partial charge < -0.3 is 16.8 Å². The number of amides is 2. The van der Waals surface area contributed by atoms with Gasteiger partial charge in [-0.3, -0.25) is 14.5 Å². The molecule has 2 amide bonds. The Hall–Kier alpha value is -2.15. The number of hydrogen-bond acceptors (Lipinski definition) is 4. The van der Waals surface area contributed by atoms with Gasteiger partial charge in [0.25, 0.3) is 0 Å². The Morgan fingerprint density at radius 2 is 1.95 bits per heavy atom. The minimum atomic E-state index is -0.582. The van der Waals surface area contributed by atoms with Crippen LogP contribution in [0.2, 0.25) is 0 Å². The summed E-state index contributed by atoms with van der Waals surface area (Å²) in [7, 11) is 0. The summed E-state index contributed by atoms with van der Waals surface area (Å²) in [6, 6.07) is 3.11. The molecule has 0 fully saturated rings. The number of hydrogen-bond donors (Lipinski definition) is 3. The van der Waals surface area contributed by atoms with Crippen LogP contribution in [0.15, 0.2) is 18.2 Å². The molecule has 0 bridgehead atoms. The molecule has 0 aromatic heterocycles. The molecule has 0 spiro atoms. The van der Waals surface area contributed by atoms with Crippen molar-refractivity contribution in [2.24, 2.45) is 5.73 Å². The monoisotopic (exact) mass is 296 g/mol. The molecule has 1 aromatic rings. The maximum absolute atomic E-state index is 13.0. The van der Waals surface area contributed by atoms with E-state index in [4.69, 9.17) is 11.5 Å². The molecule has 0 heterocycles. The lowest BCUT2D eigenvalue weighted by Gasteiger charge is -2.30. The Labute approximate surface area is 123 Å². The highest BCUT2D eigenvalue weighted by molar-refractivity contribution is 5.97. The predicted octanol–water partition coefficient (Wildman–Crippen LogP) is 0.931. The van der Waals surface area contributed by atoms with Crippen LogP contribution in [0.25, 0.3) is 0 Å². The number of nitrogens with one attached hydrogen (secondary N) is 1. The fraction of sp³-hybridized carbons (Fsp3) is 0.429. The van der Waals surface area contributed by atoms with Crippen LogP contribution in [0.5, 0.6) is 0 Å². The molecule has 0 aliphatic carbocycles. The molecule has 0 saturated carbocycles. The largest absolute Gasteiger partial charge is 0.397 e. The van der Waals surface area contributed by atoms with Gasteiger partial charge in [-0.2, -0.15) is 0 Å². The number of carbonyl (C=O) groups is 2. The number of carbonyl (C=O) groups excluding carboxylic acids is 2. The Morgan fingerprint density at radius 3 is 2.43 bits per heavy atom. The van der Waals surface area contributed by atoms with Crippen LogP contribution in [-0.2, 0) is 9.59 Å². The van der Waals surface area contributed by atoms with Crippen molar-refractivity contribution in [3.05, 3.63) is 24.0 Å². The number of nitrogens with two attached hydrogens (primary N) is 2. The van der Waals surface area contributed by atoms with Crippen LogP contribution < -0.4 is 16.8 Å². The van der Waals surface area contributed by atoms with E-state index in [0.29, 0.717) is 5.69 Å². The maximum atomic E-state index is 13.0. The molecule has 0 radical (unpaired) electrons. The number of halogens is 1. The van der Waals surface area contributed by atoms with Gasteiger partial charge >= 0.3 is 0 Å². The van der Waals surface area contributed by atoms with Crippen molar-refractivity contribution in [3.63, 3.8) is 0 Å². The summed E-state index contributed by atoms with van der Waals surface area (Å²) in [5, 5.41) is 2.62. The zero-order valence-electron chi connectivity index (χ0n) is 12.4. The van der Waals surface area contributed by atoms with Gasteiger partial charge in [-0.25, -0.2) is 4.39 Å². The molecule has 0 aliphatic rings. The third-order valence-electron chi connectivity index (χ3n) is 3.15. The average molecular weight is 296 g/mol. The van der Waals surface area contributed by atoms with Gasteiger partial charge in [0, 0.05) is 6.04 Å². The first-order valence-corrected chi connectivity index (χ1v) is 6.62. The van der Waals surface area contributed by atoms with Crippen LogP contribution in [0.4, 0.5) is 15.8 Å². The SMILES string of the molecule is CC(C)N(CC(N)=O)C(C)C(=O)Nc1ccc(F)cc1N. The van der Waals surface area contributed by atoms with E-state index in [0.717, 1.165) is 6.07 Å². The summed E-state index contributed by atoms with van der Waals surface area (Å²) >= 11 is 0. The zero-order chi connectivity index (χ0) is 16.2. The summed E-state index contributed by atoms with van der Waals surface area (Å²) in [4.78, 5) is 25.0. The minimum absolute atomic E-state index is 0.0227. The van der Waals surface area contributed by atoms with Gasteiger partial charge in [0.2, 0.25) is 11.8 Å². The summed E-state index contributed by atoms with van der Waals surface area (Å²) in [6.45, 7) is 5.36. The lowest BCUT2D eigenvalue weighted by molar-refractivity contribution is -0.124. The van der Waals surface area contributed by atoms with Crippen molar-refractivity contribution in [1.82, 2.24) is 4.90 Å². The maximum Gasteiger partial charge on any atom is 0.241 e. The number of benzene rings is 1. The number of anilines is 2. The molecular formula is C14H21FN4O2. The van der Waals surface area contributed by atoms with Gasteiger partial charge in [0.15, 0.2) is 0 Å². The fourth-order valence-electron chi connectivity index (χ4n) is 1.98. The van der Waals surface area contributed by atoms with Crippen molar-refractivity contribution < 1.29 is 14.0 Å². The van der Waals surface area contributed by atoms with E-state index in [-0.39, 0.29) is 24.2 Å². The van der Waals surface area contributed by atoms with Crippen molar-refractivity contribution >= 4 is 23.2 Å². The first kappa shape index (κ1) is 16.9. The summed E-state index contributed by atoms with van der Waals surface area (Å²) in [5.41, 5.74) is 11.3. The quantitative estimate of drug-likeness (QED) is 0.680. The van der Waals surface area contributed by atoms with E-state index in [1.807, 2.05) is 13.8 Å². The van der Waals surface area contributed by atoms with Gasteiger partial charge in [0.1, 0.15) is 5.82 Å². The highest BCUT2D eigenvalue weighted by Crippen LogP contribution is 2.20. The molecule has 6 nitrogen and oxygen atoms in total. The molecule has 21 heavy (non-hydrogen) atoms. The van der Waals surface area contributed by atoms with Crippen LogP contribution in [0.3, 0.4) is 0 Å². The first-order chi connectivity index (χ1) is 9.72. The lowest BCUT2D eigenvalue weighted by atomic mass is 10.2. The summed E-state index contributed by atoms with van der Waals surface area (Å²) in [6.07, 6.45) is 0. The minimum Gasteiger partial charge on any atom is -0.397 e. The lowest BCUT2D eigenvalue weighted by Crippen LogP contribution is -2.49. The van der Waals surface area contributed by atoms with Gasteiger partial charge in [-0.15, -0.1) is 0 Å². The van der Waals surface area contributed by atoms with E-state index in [1.165, 1.54) is 12.1 Å². The Balaban J connectivity index is 2.83. The summed E-state index contributed by atoms with van der Waals surface area (Å²) < 4.78 is 13.0. The van der Waals surface area contributed by atoms with Crippen LogP contribution in [-0.4, -0.2) is 35.3 Å². The van der Waals surface area contributed by atoms with Crippen LogP contribution >= 0.6 is 0 Å². The van der Waals surface area contributed by atoms with Gasteiger partial charge in [-0.1, -0.05) is 0 Å². The van der Waals surface area contributed by atoms with Gasteiger partial charge in [0.05, 0.1) is 24.0 Å². The normalized spacial score (nSPS) is 12.5. The zero-order valence-corrected chi connectivity index (χ0v) is 12.4. The van der Waals surface area contributed by atoms with Crippen molar-refractivity contribution in [2.45, 2.75) is 32.9 Å². The molecule has 5 N–H and O–H groups in total. The smallest absolute Gasteiger partial charge is 0.241 e. The highest BCUT2D eigenvalue weighted by atomic mass is 19.1. The van der Waals surface area contributed by atoms with Crippen LogP contribution in [0, 0.1) is 5.82 Å². The second kappa shape index (κ2) is 7.03. The third-order valence-corrected chi connectivity index (χ3v) is 3.15. The Morgan fingerprint density at radius 1 is 1.33 bits per heavy atom. The standard InChI is InChI=1S/C14H21FN4O2/c1-8(2)19(7-13(17)20)9(3)14(21)18-12-5-4-10(15)6-11(12)16/h4-6,8-9H,7,16H2,1-3H3,(H2,17,20)(H,18,21). The summed E-state index contributed by atoms with van der Waals surface area (Å²) in [5.74, 6) is -1.33. The molecule has 1 aromatic carbocycles. The molecule has 1 rings (SSSR count). The van der Waals surface area contributed by atoms with E-state index >= 15 is 0 Å². The molecule has 7 heteroatoms. The first-order valence-electron chi connectivity index (χ1n) is 6.62. The van der Waals surface area contributed by atoms with E-state index in [9.17, 15) is 14.0 Å². The van der Waals surface area contributed by atoms with Gasteiger partial charge in [-0.05, 0) is 39.0 Å². The Kier molecular flexibility index (Phi) is 5.66. The second-order valence-corrected chi connectivity index (χ2v) is 5.13. The molecule has 0 aliphatic heterocycles. The highest BCUT2D eigenvalue weighted by Gasteiger charge is 2.25. The molecule has 1 unspecified atom stereocenters.